The lowest BCUT2D eigenvalue weighted by atomic mass is 9.83. The number of aliphatic hydroxyl groups is 1. The molecule has 23 heavy (non-hydrogen) atoms. The third-order valence-electron chi connectivity index (χ3n) is 5.28. The van der Waals surface area contributed by atoms with Gasteiger partial charge in [0.15, 0.2) is 0 Å². The highest BCUT2D eigenvalue weighted by atomic mass is 16.5. The Morgan fingerprint density at radius 2 is 2.17 bits per heavy atom. The van der Waals surface area contributed by atoms with Crippen LogP contribution in [0.15, 0.2) is 30.5 Å². The molecule has 2 aromatic rings. The van der Waals surface area contributed by atoms with Gasteiger partial charge in [-0.2, -0.15) is 0 Å². The second kappa shape index (κ2) is 5.08. The minimum atomic E-state index is -0.716. The van der Waals surface area contributed by atoms with Crippen molar-refractivity contribution in [2.45, 2.75) is 37.4 Å². The molecule has 5 nitrogen and oxygen atoms in total. The van der Waals surface area contributed by atoms with Crippen molar-refractivity contribution in [3.8, 4) is 0 Å². The summed E-state index contributed by atoms with van der Waals surface area (Å²) in [4.78, 5) is 17.5. The molecule has 5 heteroatoms. The Hall–Kier alpha value is -1.85. The first-order valence-electron chi connectivity index (χ1n) is 8.22. The summed E-state index contributed by atoms with van der Waals surface area (Å²) in [5.74, 6) is 0.121. The number of fused-ring (bicyclic) bond motifs is 1. The summed E-state index contributed by atoms with van der Waals surface area (Å²) in [6.45, 7) is 3.54. The van der Waals surface area contributed by atoms with Crippen molar-refractivity contribution < 1.29 is 14.6 Å². The number of nitrogens with zero attached hydrogens (tertiary/aromatic N) is 1. The number of carbonyl (C=O) groups is 1. The first-order valence-corrected chi connectivity index (χ1v) is 8.22. The standard InChI is InChI=1S/C18H22N2O3/c1-2-17(22)9-18(23-12-17)10-20(11-18)16(21)7-13-8-19-15-6-4-3-5-14(13)15/h3-6,8,19,22H,2,7,9-12H2,1H3. The van der Waals surface area contributed by atoms with E-state index >= 15 is 0 Å². The summed E-state index contributed by atoms with van der Waals surface area (Å²) >= 11 is 0. The van der Waals surface area contributed by atoms with E-state index in [1.165, 1.54) is 0 Å². The average Bonchev–Trinajstić information content (AvgIpc) is 3.09. The fourth-order valence-corrected chi connectivity index (χ4v) is 3.80. The Balaban J connectivity index is 1.41. The molecule has 3 heterocycles. The third-order valence-corrected chi connectivity index (χ3v) is 5.28. The minimum Gasteiger partial charge on any atom is -0.387 e. The number of carbonyl (C=O) groups excluding carboxylic acids is 1. The molecule has 4 rings (SSSR count). The van der Waals surface area contributed by atoms with Crippen LogP contribution in [0.1, 0.15) is 25.3 Å². The van der Waals surface area contributed by atoms with Crippen LogP contribution in [-0.4, -0.2) is 51.8 Å². The van der Waals surface area contributed by atoms with Gasteiger partial charge in [-0.05, 0) is 18.1 Å². The highest BCUT2D eigenvalue weighted by molar-refractivity contribution is 5.89. The first kappa shape index (κ1) is 14.7. The Bertz CT molecular complexity index is 748. The highest BCUT2D eigenvalue weighted by Crippen LogP contribution is 2.41. The summed E-state index contributed by atoms with van der Waals surface area (Å²) in [7, 11) is 0. The van der Waals surface area contributed by atoms with Gasteiger partial charge in [0.2, 0.25) is 5.91 Å². The number of para-hydroxylation sites is 1. The van der Waals surface area contributed by atoms with Crippen molar-refractivity contribution in [3.63, 3.8) is 0 Å². The van der Waals surface area contributed by atoms with Crippen LogP contribution in [0, 0.1) is 0 Å². The van der Waals surface area contributed by atoms with Gasteiger partial charge in [-0.3, -0.25) is 4.79 Å². The number of amides is 1. The molecule has 1 unspecified atom stereocenters. The average molecular weight is 314 g/mol. The van der Waals surface area contributed by atoms with E-state index < -0.39 is 5.60 Å². The highest BCUT2D eigenvalue weighted by Gasteiger charge is 2.55. The Kier molecular flexibility index (Phi) is 3.25. The maximum Gasteiger partial charge on any atom is 0.227 e. The number of aromatic nitrogens is 1. The molecule has 0 bridgehead atoms. The third kappa shape index (κ3) is 2.44. The molecule has 1 amide bonds. The number of ether oxygens (including phenoxy) is 1. The van der Waals surface area contributed by atoms with E-state index in [0.29, 0.717) is 39.0 Å². The monoisotopic (exact) mass is 314 g/mol. The van der Waals surface area contributed by atoms with Gasteiger partial charge in [0.05, 0.1) is 31.7 Å². The summed E-state index contributed by atoms with van der Waals surface area (Å²) in [6, 6.07) is 8.02. The number of hydrogen-bond acceptors (Lipinski definition) is 3. The van der Waals surface area contributed by atoms with E-state index in [4.69, 9.17) is 4.74 Å². The van der Waals surface area contributed by atoms with Crippen LogP contribution < -0.4 is 0 Å². The van der Waals surface area contributed by atoms with Gasteiger partial charge >= 0.3 is 0 Å². The Labute approximate surface area is 135 Å². The van der Waals surface area contributed by atoms with E-state index in [0.717, 1.165) is 16.5 Å². The van der Waals surface area contributed by atoms with E-state index in [2.05, 4.69) is 4.98 Å². The quantitative estimate of drug-likeness (QED) is 0.909. The molecule has 2 fully saturated rings. The zero-order valence-corrected chi connectivity index (χ0v) is 13.3. The van der Waals surface area contributed by atoms with Gasteiger partial charge < -0.3 is 19.7 Å². The SMILES string of the molecule is CCC1(O)COC2(CN(C(=O)Cc3c[nH]c4ccccc34)C2)C1. The number of hydrogen-bond donors (Lipinski definition) is 2. The molecule has 1 atom stereocenters. The summed E-state index contributed by atoms with van der Waals surface area (Å²) in [5.41, 5.74) is 1.05. The van der Waals surface area contributed by atoms with Crippen LogP contribution in [0.2, 0.25) is 0 Å². The van der Waals surface area contributed by atoms with Gasteiger partial charge in [-0.15, -0.1) is 0 Å². The smallest absolute Gasteiger partial charge is 0.227 e. The van der Waals surface area contributed by atoms with Gasteiger partial charge in [-0.25, -0.2) is 0 Å². The number of aromatic amines is 1. The maximum atomic E-state index is 12.5. The summed E-state index contributed by atoms with van der Waals surface area (Å²) in [5, 5.41) is 11.4. The second-order valence-corrected chi connectivity index (χ2v) is 7.01. The van der Waals surface area contributed by atoms with Gasteiger partial charge in [-0.1, -0.05) is 25.1 Å². The topological polar surface area (TPSA) is 65.6 Å². The van der Waals surface area contributed by atoms with Crippen molar-refractivity contribution in [2.24, 2.45) is 0 Å². The van der Waals surface area contributed by atoms with E-state index in [1.54, 1.807) is 0 Å². The lowest BCUT2D eigenvalue weighted by molar-refractivity contribution is -0.157. The molecule has 1 aromatic heterocycles. The van der Waals surface area contributed by atoms with Crippen LogP contribution in [0.25, 0.3) is 10.9 Å². The molecular formula is C18H22N2O3. The van der Waals surface area contributed by atoms with Gasteiger partial charge in [0.1, 0.15) is 5.60 Å². The molecule has 0 saturated carbocycles. The van der Waals surface area contributed by atoms with Crippen molar-refractivity contribution >= 4 is 16.8 Å². The Morgan fingerprint density at radius 1 is 1.39 bits per heavy atom. The number of rotatable bonds is 3. The molecule has 1 spiro atoms. The lowest BCUT2D eigenvalue weighted by Crippen LogP contribution is -2.63. The predicted molar refractivity (Wildman–Crippen MR) is 87.1 cm³/mol. The molecule has 1 aromatic carbocycles. The molecule has 2 aliphatic rings. The second-order valence-electron chi connectivity index (χ2n) is 7.01. The minimum absolute atomic E-state index is 0.121. The van der Waals surface area contributed by atoms with Crippen LogP contribution in [0.4, 0.5) is 0 Å². The number of H-pyrrole nitrogens is 1. The number of nitrogens with one attached hydrogen (secondary N) is 1. The zero-order chi connectivity index (χ0) is 16.1. The fourth-order valence-electron chi connectivity index (χ4n) is 3.80. The summed E-state index contributed by atoms with van der Waals surface area (Å²) < 4.78 is 5.82. The molecule has 2 saturated heterocycles. The summed E-state index contributed by atoms with van der Waals surface area (Å²) in [6.07, 6.45) is 3.64. The molecule has 122 valence electrons. The molecule has 0 aliphatic carbocycles. The van der Waals surface area contributed by atoms with E-state index in [1.807, 2.05) is 42.3 Å². The molecule has 2 aliphatic heterocycles. The molecule has 2 N–H and O–H groups in total. The number of benzene rings is 1. The van der Waals surface area contributed by atoms with Crippen molar-refractivity contribution in [1.82, 2.24) is 9.88 Å². The van der Waals surface area contributed by atoms with Crippen LogP contribution in [-0.2, 0) is 16.0 Å². The largest absolute Gasteiger partial charge is 0.387 e. The predicted octanol–water partition coefficient (Wildman–Crippen LogP) is 1.85. The van der Waals surface area contributed by atoms with Crippen molar-refractivity contribution in [1.29, 1.82) is 0 Å². The van der Waals surface area contributed by atoms with Crippen molar-refractivity contribution in [3.05, 3.63) is 36.0 Å². The molecular weight excluding hydrogens is 292 g/mol. The Morgan fingerprint density at radius 3 is 2.91 bits per heavy atom. The number of likely N-dealkylation sites (tertiary alicyclic amines) is 1. The fraction of sp³-hybridized carbons (Fsp3) is 0.500. The lowest BCUT2D eigenvalue weighted by Gasteiger charge is -2.47. The zero-order valence-electron chi connectivity index (χ0n) is 13.3. The van der Waals surface area contributed by atoms with Crippen LogP contribution in [0.3, 0.4) is 0 Å². The first-order chi connectivity index (χ1) is 11.0. The van der Waals surface area contributed by atoms with Crippen LogP contribution >= 0.6 is 0 Å². The van der Waals surface area contributed by atoms with Crippen molar-refractivity contribution in [2.75, 3.05) is 19.7 Å². The normalized spacial score (nSPS) is 25.9. The molecule has 0 radical (unpaired) electrons. The maximum absolute atomic E-state index is 12.5. The van der Waals surface area contributed by atoms with Gasteiger partial charge in [0, 0.05) is 23.5 Å². The van der Waals surface area contributed by atoms with E-state index in [9.17, 15) is 9.90 Å². The van der Waals surface area contributed by atoms with Gasteiger partial charge in [0.25, 0.3) is 0 Å². The van der Waals surface area contributed by atoms with E-state index in [-0.39, 0.29) is 11.5 Å². The van der Waals surface area contributed by atoms with Crippen LogP contribution in [0.5, 0.6) is 0 Å².